The molecule has 0 aliphatic carbocycles. The first-order chi connectivity index (χ1) is 18.6. The second-order valence-electron chi connectivity index (χ2n) is 10.0. The minimum absolute atomic E-state index is 0.00736. The van der Waals surface area contributed by atoms with E-state index < -0.39 is 33.8 Å². The van der Waals surface area contributed by atoms with E-state index in [2.05, 4.69) is 10.6 Å². The number of rotatable bonds is 2. The van der Waals surface area contributed by atoms with Crippen LogP contribution in [0.4, 0.5) is 10.1 Å². The summed E-state index contributed by atoms with van der Waals surface area (Å²) in [6.45, 7) is 2.24. The Balaban J connectivity index is 1.47. The Morgan fingerprint density at radius 1 is 1.08 bits per heavy atom. The predicted octanol–water partition coefficient (Wildman–Crippen LogP) is 1.98. The molecule has 3 amide bonds. The van der Waals surface area contributed by atoms with Crippen molar-refractivity contribution >= 4 is 33.4 Å². The van der Waals surface area contributed by atoms with Crippen molar-refractivity contribution < 1.29 is 31.9 Å². The largest absolute Gasteiger partial charge is 0.491 e. The first-order valence-electron chi connectivity index (χ1n) is 13.1. The number of carbonyl (C=O) groups is 3. The Morgan fingerprint density at radius 2 is 1.87 bits per heavy atom. The predicted molar refractivity (Wildman–Crippen MR) is 140 cm³/mol. The van der Waals surface area contributed by atoms with Gasteiger partial charge in [0.2, 0.25) is 21.8 Å². The number of anilines is 1. The van der Waals surface area contributed by atoms with Gasteiger partial charge in [0.15, 0.2) is 0 Å². The number of aryl methyl sites for hydroxylation is 1. The number of hydrogen-bond donors (Lipinski definition) is 2. The maximum atomic E-state index is 14.1. The van der Waals surface area contributed by atoms with Gasteiger partial charge in [0, 0.05) is 44.2 Å². The molecule has 39 heavy (non-hydrogen) atoms. The van der Waals surface area contributed by atoms with Crippen LogP contribution in [-0.2, 0) is 26.0 Å². The summed E-state index contributed by atoms with van der Waals surface area (Å²) >= 11 is 0. The summed E-state index contributed by atoms with van der Waals surface area (Å²) in [5, 5.41) is 5.49. The molecule has 0 spiro atoms. The Hall–Kier alpha value is -3.51. The highest BCUT2D eigenvalue weighted by Gasteiger charge is 2.43. The number of fused-ring (bicyclic) bond motifs is 4. The lowest BCUT2D eigenvalue weighted by atomic mass is 10.0. The molecule has 3 heterocycles. The summed E-state index contributed by atoms with van der Waals surface area (Å²) in [6.07, 6.45) is 2.22. The highest BCUT2D eigenvalue weighted by atomic mass is 32.2. The Bertz CT molecular complexity index is 1410. The Morgan fingerprint density at radius 3 is 2.67 bits per heavy atom. The molecule has 12 heteroatoms. The molecule has 0 saturated carbocycles. The topological polar surface area (TPSA) is 125 Å². The molecule has 0 radical (unpaired) electrons. The lowest BCUT2D eigenvalue weighted by Gasteiger charge is -2.31. The normalized spacial score (nSPS) is 22.6. The molecule has 2 aromatic rings. The molecular formula is C27H31FN4O6S. The smallest absolute Gasteiger partial charge is 0.255 e. The third kappa shape index (κ3) is 5.48. The van der Waals surface area contributed by atoms with Crippen LogP contribution >= 0.6 is 0 Å². The Labute approximate surface area is 226 Å². The van der Waals surface area contributed by atoms with Gasteiger partial charge in [-0.1, -0.05) is 0 Å². The van der Waals surface area contributed by atoms with Gasteiger partial charge < -0.3 is 20.3 Å². The number of amides is 3. The summed E-state index contributed by atoms with van der Waals surface area (Å²) in [5.41, 5.74) is 1.47. The maximum Gasteiger partial charge on any atom is 0.255 e. The van der Waals surface area contributed by atoms with E-state index in [9.17, 15) is 27.2 Å². The van der Waals surface area contributed by atoms with Gasteiger partial charge in [-0.15, -0.1) is 0 Å². The summed E-state index contributed by atoms with van der Waals surface area (Å²) in [6, 6.07) is 7.15. The fraction of sp³-hybridized carbons (Fsp3) is 0.444. The molecule has 1 fully saturated rings. The van der Waals surface area contributed by atoms with Gasteiger partial charge in [0.25, 0.3) is 5.91 Å². The van der Waals surface area contributed by atoms with Crippen molar-refractivity contribution in [3.8, 4) is 5.75 Å². The number of benzene rings is 2. The van der Waals surface area contributed by atoms with Crippen LogP contribution < -0.4 is 20.3 Å². The van der Waals surface area contributed by atoms with Crippen molar-refractivity contribution in [2.24, 2.45) is 0 Å². The van der Waals surface area contributed by atoms with Gasteiger partial charge in [-0.25, -0.2) is 12.8 Å². The zero-order valence-corrected chi connectivity index (χ0v) is 22.4. The molecule has 1 saturated heterocycles. The van der Waals surface area contributed by atoms with Crippen molar-refractivity contribution in [2.75, 3.05) is 31.1 Å². The van der Waals surface area contributed by atoms with Crippen LogP contribution in [0.3, 0.4) is 0 Å². The highest BCUT2D eigenvalue weighted by Crippen LogP contribution is 2.36. The molecule has 0 unspecified atom stereocenters. The van der Waals surface area contributed by atoms with Crippen LogP contribution in [-0.4, -0.2) is 68.8 Å². The summed E-state index contributed by atoms with van der Waals surface area (Å²) < 4.78 is 49.0. The van der Waals surface area contributed by atoms with E-state index >= 15 is 0 Å². The van der Waals surface area contributed by atoms with E-state index in [1.807, 2.05) is 0 Å². The molecule has 10 nitrogen and oxygen atoms in total. The fourth-order valence-corrected chi connectivity index (χ4v) is 7.57. The molecule has 2 atom stereocenters. The number of ether oxygens (including phenoxy) is 1. The summed E-state index contributed by atoms with van der Waals surface area (Å²) in [7, 11) is -4.07. The average Bonchev–Trinajstić information content (AvgIpc) is 3.32. The first-order valence-corrected chi connectivity index (χ1v) is 14.5. The number of nitrogens with zero attached hydrogens (tertiary/aromatic N) is 2. The number of sulfonamides is 1. The monoisotopic (exact) mass is 558 g/mol. The van der Waals surface area contributed by atoms with E-state index in [0.717, 1.165) is 18.1 Å². The molecule has 5 rings (SSSR count). The first kappa shape index (κ1) is 27.1. The SMILES string of the molecule is CC(=O)N1CCCc2cc(S(=O)(=O)N3[C@@H]4CC[C@H]3CC(=O)NCCOc3ccc(F)cc3C(=O)NC4)ccc21. The number of carbonyl (C=O) groups excluding carboxylic acids is 3. The van der Waals surface area contributed by atoms with Crippen molar-refractivity contribution in [1.82, 2.24) is 14.9 Å². The molecule has 2 N–H and O–H groups in total. The van der Waals surface area contributed by atoms with E-state index in [1.54, 1.807) is 17.0 Å². The van der Waals surface area contributed by atoms with Crippen LogP contribution in [0.25, 0.3) is 0 Å². The standard InChI is InChI=1S/C27H31FN4O6S/c1-17(33)31-11-2-3-18-13-22(7-8-24(18)31)39(36,37)32-20-5-6-21(32)16-30-27(35)23-14-19(28)4-9-25(23)38-12-10-29-26(34)15-20/h4,7-9,13-14,20-21H,2-3,5-6,10-12,15-16H2,1H3,(H,29,34)(H,30,35)/t20-,21+/m0/s1. The quantitative estimate of drug-likeness (QED) is 0.581. The van der Waals surface area contributed by atoms with Gasteiger partial charge in [0.1, 0.15) is 18.2 Å². The van der Waals surface area contributed by atoms with Gasteiger partial charge >= 0.3 is 0 Å². The van der Waals surface area contributed by atoms with Gasteiger partial charge in [-0.05, 0) is 67.6 Å². The van der Waals surface area contributed by atoms with Crippen LogP contribution in [0.2, 0.25) is 0 Å². The maximum absolute atomic E-state index is 14.1. The van der Waals surface area contributed by atoms with Crippen LogP contribution in [0.5, 0.6) is 5.75 Å². The molecule has 2 bridgehead atoms. The van der Waals surface area contributed by atoms with Crippen molar-refractivity contribution in [3.63, 3.8) is 0 Å². The molecule has 2 aromatic carbocycles. The van der Waals surface area contributed by atoms with E-state index in [0.29, 0.717) is 31.5 Å². The van der Waals surface area contributed by atoms with Crippen LogP contribution in [0, 0.1) is 5.82 Å². The minimum atomic E-state index is -4.07. The number of halogens is 1. The molecule has 3 aliphatic heterocycles. The second-order valence-corrected chi connectivity index (χ2v) is 11.9. The fourth-order valence-electron chi connectivity index (χ4n) is 5.65. The third-order valence-corrected chi connectivity index (χ3v) is 9.47. The summed E-state index contributed by atoms with van der Waals surface area (Å²) in [4.78, 5) is 39.5. The van der Waals surface area contributed by atoms with Crippen molar-refractivity contribution in [1.29, 1.82) is 0 Å². The third-order valence-electron chi connectivity index (χ3n) is 7.47. The molecular weight excluding hydrogens is 527 g/mol. The van der Waals surface area contributed by atoms with Gasteiger partial charge in [-0.3, -0.25) is 14.4 Å². The van der Waals surface area contributed by atoms with Gasteiger partial charge in [0.05, 0.1) is 17.0 Å². The number of hydrogen-bond acceptors (Lipinski definition) is 6. The van der Waals surface area contributed by atoms with Crippen molar-refractivity contribution in [2.45, 2.75) is 56.0 Å². The summed E-state index contributed by atoms with van der Waals surface area (Å²) in [5.74, 6) is -1.43. The molecule has 208 valence electrons. The zero-order valence-electron chi connectivity index (χ0n) is 21.6. The lowest BCUT2D eigenvalue weighted by Crippen LogP contribution is -2.48. The lowest BCUT2D eigenvalue weighted by molar-refractivity contribution is -0.122. The van der Waals surface area contributed by atoms with E-state index in [4.69, 9.17) is 4.74 Å². The molecule has 3 aliphatic rings. The number of nitrogens with one attached hydrogen (secondary N) is 2. The Kier molecular flexibility index (Phi) is 7.59. The van der Waals surface area contributed by atoms with Gasteiger partial charge in [-0.2, -0.15) is 4.31 Å². The minimum Gasteiger partial charge on any atom is -0.491 e. The second kappa shape index (κ2) is 10.9. The zero-order chi connectivity index (χ0) is 27.7. The average molecular weight is 559 g/mol. The van der Waals surface area contributed by atoms with E-state index in [1.165, 1.54) is 29.4 Å². The highest BCUT2D eigenvalue weighted by molar-refractivity contribution is 7.89. The van der Waals surface area contributed by atoms with Crippen molar-refractivity contribution in [3.05, 3.63) is 53.3 Å². The van der Waals surface area contributed by atoms with Crippen LogP contribution in [0.1, 0.15) is 48.5 Å². The molecule has 0 aromatic heterocycles. The van der Waals surface area contributed by atoms with E-state index in [-0.39, 0.29) is 54.1 Å². The van der Waals surface area contributed by atoms with Crippen LogP contribution in [0.15, 0.2) is 41.3 Å².